The molecule has 0 N–H and O–H groups in total. The molecule has 0 unspecified atom stereocenters. The van der Waals surface area contributed by atoms with E-state index in [-0.39, 0.29) is 0 Å². The highest BCUT2D eigenvalue weighted by atomic mass is 14.7. The van der Waals surface area contributed by atoms with Crippen LogP contribution in [-0.4, -0.2) is 17.7 Å². The number of hydrogen-bond donors (Lipinski definition) is 0. The van der Waals surface area contributed by atoms with Crippen molar-refractivity contribution in [1.29, 1.82) is 0 Å². The van der Waals surface area contributed by atoms with Crippen LogP contribution in [0.4, 0.5) is 0 Å². The van der Waals surface area contributed by atoms with Gasteiger partial charge in [0.15, 0.2) is 0 Å². The first-order chi connectivity index (χ1) is 5.38. The van der Waals surface area contributed by atoms with E-state index in [0.717, 1.165) is 18.7 Å². The highest BCUT2D eigenvalue weighted by molar-refractivity contribution is 5.84. The van der Waals surface area contributed by atoms with Crippen molar-refractivity contribution in [2.45, 2.75) is 13.3 Å². The summed E-state index contributed by atoms with van der Waals surface area (Å²) in [5.41, 5.74) is 3.69. The molecule has 0 aliphatic carbocycles. The van der Waals surface area contributed by atoms with Gasteiger partial charge in [0, 0.05) is 30.2 Å². The van der Waals surface area contributed by atoms with E-state index in [9.17, 15) is 0 Å². The molecule has 1 aliphatic rings. The summed E-state index contributed by atoms with van der Waals surface area (Å²) >= 11 is 0. The van der Waals surface area contributed by atoms with Crippen LogP contribution in [0, 0.1) is 6.92 Å². The Morgan fingerprint density at radius 1 is 1.45 bits per heavy atom. The van der Waals surface area contributed by atoms with Crippen LogP contribution in [-0.2, 0) is 6.42 Å². The van der Waals surface area contributed by atoms with Gasteiger partial charge in [0.1, 0.15) is 0 Å². The first-order valence-corrected chi connectivity index (χ1v) is 3.82. The SMILES string of the molecule is Cc1nccc2c1C=NCC2. The molecule has 2 heterocycles. The van der Waals surface area contributed by atoms with E-state index >= 15 is 0 Å². The molecular formula is C9H10N2. The summed E-state index contributed by atoms with van der Waals surface area (Å²) in [5, 5.41) is 0. The van der Waals surface area contributed by atoms with E-state index in [1.54, 1.807) is 0 Å². The molecule has 1 aliphatic heterocycles. The zero-order chi connectivity index (χ0) is 7.68. The Hall–Kier alpha value is -1.18. The van der Waals surface area contributed by atoms with Gasteiger partial charge in [0.2, 0.25) is 0 Å². The van der Waals surface area contributed by atoms with Gasteiger partial charge in [0.05, 0.1) is 0 Å². The first kappa shape index (κ1) is 6.53. The van der Waals surface area contributed by atoms with Crippen molar-refractivity contribution < 1.29 is 0 Å². The highest BCUT2D eigenvalue weighted by Crippen LogP contribution is 2.13. The van der Waals surface area contributed by atoms with Crippen molar-refractivity contribution >= 4 is 6.21 Å². The summed E-state index contributed by atoms with van der Waals surface area (Å²) in [7, 11) is 0. The van der Waals surface area contributed by atoms with E-state index in [2.05, 4.69) is 16.0 Å². The molecule has 2 nitrogen and oxygen atoms in total. The number of aromatic nitrogens is 1. The summed E-state index contributed by atoms with van der Waals surface area (Å²) in [6, 6.07) is 2.08. The number of aryl methyl sites for hydroxylation is 1. The van der Waals surface area contributed by atoms with Gasteiger partial charge >= 0.3 is 0 Å². The Labute approximate surface area is 66.0 Å². The highest BCUT2D eigenvalue weighted by Gasteiger charge is 2.06. The fraction of sp³-hybridized carbons (Fsp3) is 0.333. The van der Waals surface area contributed by atoms with Gasteiger partial charge in [-0.05, 0) is 25.0 Å². The molecule has 2 heteroatoms. The second-order valence-electron chi connectivity index (χ2n) is 2.75. The molecule has 1 aromatic rings. The molecule has 0 saturated heterocycles. The average molecular weight is 146 g/mol. The summed E-state index contributed by atoms with van der Waals surface area (Å²) in [6.45, 7) is 2.95. The maximum atomic E-state index is 4.21. The van der Waals surface area contributed by atoms with E-state index in [1.807, 2.05) is 19.3 Å². The van der Waals surface area contributed by atoms with E-state index in [4.69, 9.17) is 0 Å². The quantitative estimate of drug-likeness (QED) is 0.542. The topological polar surface area (TPSA) is 25.2 Å². The molecule has 0 amide bonds. The van der Waals surface area contributed by atoms with Crippen molar-refractivity contribution in [1.82, 2.24) is 4.98 Å². The van der Waals surface area contributed by atoms with Gasteiger partial charge in [-0.3, -0.25) is 9.98 Å². The van der Waals surface area contributed by atoms with Crippen molar-refractivity contribution in [3.63, 3.8) is 0 Å². The molecular weight excluding hydrogens is 136 g/mol. The largest absolute Gasteiger partial charge is 0.292 e. The van der Waals surface area contributed by atoms with E-state index in [0.29, 0.717) is 0 Å². The average Bonchev–Trinajstić information content (AvgIpc) is 2.06. The third-order valence-electron chi connectivity index (χ3n) is 2.01. The molecule has 0 spiro atoms. The zero-order valence-corrected chi connectivity index (χ0v) is 6.54. The number of hydrogen-bond acceptors (Lipinski definition) is 2. The molecule has 11 heavy (non-hydrogen) atoms. The molecule has 0 atom stereocenters. The summed E-state index contributed by atoms with van der Waals surface area (Å²) in [6.07, 6.45) is 4.86. The normalized spacial score (nSPS) is 14.6. The molecule has 0 aromatic carbocycles. The maximum absolute atomic E-state index is 4.21. The minimum absolute atomic E-state index is 0.927. The standard InChI is InChI=1S/C9H10N2/c1-7-9-6-10-4-2-8(9)3-5-11-7/h3,5-6H,2,4H2,1H3. The fourth-order valence-electron chi connectivity index (χ4n) is 1.37. The Bertz CT molecular complexity index is 302. The minimum atomic E-state index is 0.927. The smallest absolute Gasteiger partial charge is 0.0462 e. The number of nitrogens with zero attached hydrogens (tertiary/aromatic N) is 2. The van der Waals surface area contributed by atoms with Crippen LogP contribution in [0.5, 0.6) is 0 Å². The molecule has 0 radical (unpaired) electrons. The molecule has 56 valence electrons. The third-order valence-corrected chi connectivity index (χ3v) is 2.01. The monoisotopic (exact) mass is 146 g/mol. The van der Waals surface area contributed by atoms with Crippen LogP contribution in [0.3, 0.4) is 0 Å². The van der Waals surface area contributed by atoms with E-state index in [1.165, 1.54) is 11.1 Å². The summed E-state index contributed by atoms with van der Waals surface area (Å²) < 4.78 is 0. The Morgan fingerprint density at radius 2 is 2.36 bits per heavy atom. The van der Waals surface area contributed by atoms with Crippen LogP contribution in [0.15, 0.2) is 17.3 Å². The first-order valence-electron chi connectivity index (χ1n) is 3.82. The molecule has 0 bridgehead atoms. The Morgan fingerprint density at radius 3 is 3.18 bits per heavy atom. The fourth-order valence-corrected chi connectivity index (χ4v) is 1.37. The van der Waals surface area contributed by atoms with Crippen molar-refractivity contribution in [3.8, 4) is 0 Å². The minimum Gasteiger partial charge on any atom is -0.292 e. The lowest BCUT2D eigenvalue weighted by Crippen LogP contribution is -2.05. The van der Waals surface area contributed by atoms with Gasteiger partial charge in [-0.2, -0.15) is 0 Å². The van der Waals surface area contributed by atoms with Crippen LogP contribution >= 0.6 is 0 Å². The molecule has 0 fully saturated rings. The van der Waals surface area contributed by atoms with Crippen molar-refractivity contribution in [2.75, 3.05) is 6.54 Å². The summed E-state index contributed by atoms with van der Waals surface area (Å²) in [4.78, 5) is 8.42. The van der Waals surface area contributed by atoms with Crippen molar-refractivity contribution in [3.05, 3.63) is 29.1 Å². The number of rotatable bonds is 0. The van der Waals surface area contributed by atoms with Crippen LogP contribution in [0.1, 0.15) is 16.8 Å². The van der Waals surface area contributed by atoms with Crippen LogP contribution in [0.25, 0.3) is 0 Å². The van der Waals surface area contributed by atoms with E-state index < -0.39 is 0 Å². The second-order valence-corrected chi connectivity index (χ2v) is 2.75. The number of aliphatic imine (C=N–C) groups is 1. The lowest BCUT2D eigenvalue weighted by Gasteiger charge is -2.10. The van der Waals surface area contributed by atoms with Gasteiger partial charge in [-0.25, -0.2) is 0 Å². The zero-order valence-electron chi connectivity index (χ0n) is 6.54. The van der Waals surface area contributed by atoms with Gasteiger partial charge < -0.3 is 0 Å². The third kappa shape index (κ3) is 1.04. The van der Waals surface area contributed by atoms with Gasteiger partial charge in [-0.1, -0.05) is 0 Å². The molecule has 2 rings (SSSR count). The molecule has 0 saturated carbocycles. The number of pyridine rings is 1. The van der Waals surface area contributed by atoms with Crippen LogP contribution in [0.2, 0.25) is 0 Å². The van der Waals surface area contributed by atoms with Gasteiger partial charge in [-0.15, -0.1) is 0 Å². The predicted octanol–water partition coefficient (Wildman–Crippen LogP) is 1.37. The lowest BCUT2D eigenvalue weighted by atomic mass is 10.0. The van der Waals surface area contributed by atoms with Gasteiger partial charge in [0.25, 0.3) is 0 Å². The Kier molecular flexibility index (Phi) is 1.46. The van der Waals surface area contributed by atoms with Crippen molar-refractivity contribution in [2.24, 2.45) is 4.99 Å². The maximum Gasteiger partial charge on any atom is 0.0462 e. The number of fused-ring (bicyclic) bond motifs is 1. The summed E-state index contributed by atoms with van der Waals surface area (Å²) in [5.74, 6) is 0. The molecule has 1 aromatic heterocycles. The Balaban J connectivity index is 2.60. The lowest BCUT2D eigenvalue weighted by molar-refractivity contribution is 0.938. The second kappa shape index (κ2) is 2.46. The predicted molar refractivity (Wildman–Crippen MR) is 45.1 cm³/mol. The van der Waals surface area contributed by atoms with Crippen LogP contribution < -0.4 is 0 Å².